The molecule has 0 bridgehead atoms. The van der Waals surface area contributed by atoms with E-state index in [9.17, 15) is 4.79 Å². The van der Waals surface area contributed by atoms with Crippen LogP contribution in [0.4, 0.5) is 0 Å². The normalized spacial score (nSPS) is 18.2. The molecule has 1 fully saturated rings. The summed E-state index contributed by atoms with van der Waals surface area (Å²) in [4.78, 5) is 22.4. The maximum Gasteiger partial charge on any atom is 0.337 e. The van der Waals surface area contributed by atoms with Crippen LogP contribution in [0.15, 0.2) is 36.7 Å². The molecule has 0 aliphatic carbocycles. The van der Waals surface area contributed by atoms with E-state index in [0.717, 1.165) is 36.5 Å². The molecule has 126 valence electrons. The van der Waals surface area contributed by atoms with E-state index in [1.165, 1.54) is 12.6 Å². The summed E-state index contributed by atoms with van der Waals surface area (Å²) in [7, 11) is 0. The van der Waals surface area contributed by atoms with Crippen LogP contribution in [0.1, 0.15) is 36.3 Å². The number of hydrogen-bond acceptors (Lipinski definition) is 4. The Morgan fingerprint density at radius 2 is 2.21 bits per heavy atom. The molecule has 3 rings (SSSR count). The molecule has 1 N–H and O–H groups in total. The van der Waals surface area contributed by atoms with E-state index < -0.39 is 5.97 Å². The lowest BCUT2D eigenvalue weighted by Gasteiger charge is -2.20. The Kier molecular flexibility index (Phi) is 4.90. The molecular formula is C19H23N3O2. The number of carboxylic acid groups (broad SMARTS) is 1. The molecule has 1 aliphatic rings. The van der Waals surface area contributed by atoms with Crippen LogP contribution >= 0.6 is 0 Å². The van der Waals surface area contributed by atoms with Gasteiger partial charge in [-0.05, 0) is 57.4 Å². The minimum atomic E-state index is -0.972. The first-order valence-electron chi connectivity index (χ1n) is 8.41. The average Bonchev–Trinajstić information content (AvgIpc) is 3.04. The van der Waals surface area contributed by atoms with Crippen LogP contribution in [0.2, 0.25) is 0 Å². The van der Waals surface area contributed by atoms with Crippen LogP contribution in [0, 0.1) is 5.92 Å². The van der Waals surface area contributed by atoms with Crippen LogP contribution in [0.25, 0.3) is 11.3 Å². The quantitative estimate of drug-likeness (QED) is 0.915. The minimum absolute atomic E-state index is 0.183. The number of rotatable bonds is 5. The van der Waals surface area contributed by atoms with Crippen LogP contribution in [-0.4, -0.2) is 45.1 Å². The van der Waals surface area contributed by atoms with Gasteiger partial charge in [-0.1, -0.05) is 6.07 Å². The van der Waals surface area contributed by atoms with Gasteiger partial charge in [0.25, 0.3) is 0 Å². The van der Waals surface area contributed by atoms with Gasteiger partial charge in [0.05, 0.1) is 11.3 Å². The van der Waals surface area contributed by atoms with Gasteiger partial charge in [0.15, 0.2) is 0 Å². The molecule has 0 saturated carbocycles. The molecule has 2 aromatic heterocycles. The van der Waals surface area contributed by atoms with Crippen molar-refractivity contribution in [1.29, 1.82) is 0 Å². The zero-order valence-electron chi connectivity index (χ0n) is 14.1. The van der Waals surface area contributed by atoms with Crippen molar-refractivity contribution >= 4 is 5.97 Å². The summed E-state index contributed by atoms with van der Waals surface area (Å²) in [5.74, 6) is -0.334. The third-order valence-corrected chi connectivity index (χ3v) is 4.63. The average molecular weight is 325 g/mol. The van der Waals surface area contributed by atoms with Gasteiger partial charge >= 0.3 is 5.97 Å². The zero-order chi connectivity index (χ0) is 17.1. The fourth-order valence-electron chi connectivity index (χ4n) is 3.25. The van der Waals surface area contributed by atoms with E-state index in [1.54, 1.807) is 12.3 Å². The number of hydrogen-bond donors (Lipinski definition) is 1. The standard InChI is InChI=1S/C19H23N3O2/c1-13(2)22-7-6-14(12-22)8-17-4-3-5-18(21-17)15-9-16(19(23)24)11-20-10-15/h3-5,9-11,13-14H,6-8,12H2,1-2H3,(H,23,24)/t14-/m1/s1. The highest BCUT2D eigenvalue weighted by Crippen LogP contribution is 2.23. The Balaban J connectivity index is 1.75. The fourth-order valence-corrected chi connectivity index (χ4v) is 3.25. The summed E-state index contributed by atoms with van der Waals surface area (Å²) < 4.78 is 0. The molecule has 0 aromatic carbocycles. The maximum atomic E-state index is 11.1. The molecule has 2 aromatic rings. The van der Waals surface area contributed by atoms with Gasteiger partial charge in [-0.15, -0.1) is 0 Å². The first-order chi connectivity index (χ1) is 11.5. The van der Waals surface area contributed by atoms with Gasteiger partial charge in [0.2, 0.25) is 0 Å². The molecule has 1 atom stereocenters. The van der Waals surface area contributed by atoms with Gasteiger partial charge in [0, 0.05) is 36.2 Å². The van der Waals surface area contributed by atoms with E-state index in [-0.39, 0.29) is 5.56 Å². The van der Waals surface area contributed by atoms with Crippen molar-refractivity contribution in [3.05, 3.63) is 47.9 Å². The summed E-state index contributed by atoms with van der Waals surface area (Å²) in [6.07, 6.45) is 5.19. The Labute approximate surface area is 142 Å². The number of carboxylic acids is 1. The van der Waals surface area contributed by atoms with E-state index in [4.69, 9.17) is 10.1 Å². The molecule has 5 nitrogen and oxygen atoms in total. The van der Waals surface area contributed by atoms with Crippen molar-refractivity contribution < 1.29 is 9.90 Å². The Hall–Kier alpha value is -2.27. The molecule has 24 heavy (non-hydrogen) atoms. The Morgan fingerprint density at radius 1 is 1.38 bits per heavy atom. The summed E-state index contributed by atoms with van der Waals surface area (Å²) in [5.41, 5.74) is 2.76. The molecule has 3 heterocycles. The van der Waals surface area contributed by atoms with E-state index in [2.05, 4.69) is 29.8 Å². The summed E-state index contributed by atoms with van der Waals surface area (Å²) in [6, 6.07) is 8.16. The van der Waals surface area contributed by atoms with Crippen LogP contribution < -0.4 is 0 Å². The molecule has 0 radical (unpaired) electrons. The monoisotopic (exact) mass is 325 g/mol. The first-order valence-corrected chi connectivity index (χ1v) is 8.41. The van der Waals surface area contributed by atoms with Crippen molar-refractivity contribution in [2.75, 3.05) is 13.1 Å². The lowest BCUT2D eigenvalue weighted by molar-refractivity contribution is 0.0696. The number of aromatic carboxylic acids is 1. The van der Waals surface area contributed by atoms with Crippen molar-refractivity contribution in [2.45, 2.75) is 32.7 Å². The van der Waals surface area contributed by atoms with Gasteiger partial charge in [-0.3, -0.25) is 9.97 Å². The second-order valence-corrected chi connectivity index (χ2v) is 6.73. The Morgan fingerprint density at radius 3 is 2.92 bits per heavy atom. The lowest BCUT2D eigenvalue weighted by atomic mass is 10.0. The number of carbonyl (C=O) groups is 1. The summed E-state index contributed by atoms with van der Waals surface area (Å²) in [5, 5.41) is 9.11. The number of aromatic nitrogens is 2. The maximum absolute atomic E-state index is 11.1. The topological polar surface area (TPSA) is 66.3 Å². The highest BCUT2D eigenvalue weighted by Gasteiger charge is 2.24. The van der Waals surface area contributed by atoms with E-state index in [0.29, 0.717) is 12.0 Å². The third-order valence-electron chi connectivity index (χ3n) is 4.63. The second-order valence-electron chi connectivity index (χ2n) is 6.73. The molecule has 1 saturated heterocycles. The molecular weight excluding hydrogens is 302 g/mol. The zero-order valence-corrected chi connectivity index (χ0v) is 14.1. The number of nitrogens with zero attached hydrogens (tertiary/aromatic N) is 3. The van der Waals surface area contributed by atoms with Crippen LogP contribution in [-0.2, 0) is 6.42 Å². The highest BCUT2D eigenvalue weighted by molar-refractivity contribution is 5.88. The molecule has 0 unspecified atom stereocenters. The van der Waals surface area contributed by atoms with Crippen molar-refractivity contribution in [3.63, 3.8) is 0 Å². The van der Waals surface area contributed by atoms with E-state index >= 15 is 0 Å². The minimum Gasteiger partial charge on any atom is -0.478 e. The third kappa shape index (κ3) is 3.79. The largest absolute Gasteiger partial charge is 0.478 e. The fraction of sp³-hybridized carbons (Fsp3) is 0.421. The van der Waals surface area contributed by atoms with Crippen molar-refractivity contribution in [2.24, 2.45) is 5.92 Å². The summed E-state index contributed by atoms with van der Waals surface area (Å²) in [6.45, 7) is 6.76. The van der Waals surface area contributed by atoms with Gasteiger partial charge in [-0.25, -0.2) is 4.79 Å². The highest BCUT2D eigenvalue weighted by atomic mass is 16.4. The predicted molar refractivity (Wildman–Crippen MR) is 92.9 cm³/mol. The number of pyridine rings is 2. The van der Waals surface area contributed by atoms with Crippen molar-refractivity contribution in [3.8, 4) is 11.3 Å². The first kappa shape index (κ1) is 16.6. The SMILES string of the molecule is CC(C)N1CC[C@H](Cc2cccc(-c3cncc(C(=O)O)c3)n2)C1. The lowest BCUT2D eigenvalue weighted by Crippen LogP contribution is -2.28. The van der Waals surface area contributed by atoms with E-state index in [1.807, 2.05) is 12.1 Å². The number of likely N-dealkylation sites (tertiary alicyclic amines) is 1. The Bertz CT molecular complexity index is 730. The van der Waals surface area contributed by atoms with Gasteiger partial charge in [0.1, 0.15) is 0 Å². The molecule has 0 spiro atoms. The predicted octanol–water partition coefficient (Wildman–Crippen LogP) is 3.11. The van der Waals surface area contributed by atoms with Gasteiger partial charge in [-0.2, -0.15) is 0 Å². The molecule has 1 aliphatic heterocycles. The van der Waals surface area contributed by atoms with Crippen LogP contribution in [0.5, 0.6) is 0 Å². The molecule has 0 amide bonds. The van der Waals surface area contributed by atoms with Gasteiger partial charge < -0.3 is 10.0 Å². The van der Waals surface area contributed by atoms with Crippen molar-refractivity contribution in [1.82, 2.24) is 14.9 Å². The smallest absolute Gasteiger partial charge is 0.337 e. The second kappa shape index (κ2) is 7.09. The van der Waals surface area contributed by atoms with Crippen LogP contribution in [0.3, 0.4) is 0 Å². The summed E-state index contributed by atoms with van der Waals surface area (Å²) >= 11 is 0. The molecule has 5 heteroatoms.